The summed E-state index contributed by atoms with van der Waals surface area (Å²) in [7, 11) is 2.15. The molecule has 0 bridgehead atoms. The largest absolute Gasteiger partial charge is 0.342 e. The summed E-state index contributed by atoms with van der Waals surface area (Å²) in [6.07, 6.45) is 12.3. The summed E-state index contributed by atoms with van der Waals surface area (Å²) in [4.78, 5) is 21.0. The highest BCUT2D eigenvalue weighted by Gasteiger charge is 2.28. The molecule has 2 atom stereocenters. The molecule has 1 aromatic rings. The Morgan fingerprint density at radius 1 is 1.43 bits per heavy atom. The number of likely N-dealkylation sites (tertiary alicyclic amines) is 1. The molecular weight excluding hydrogens is 286 g/mol. The number of carbonyl (C=O) groups is 1. The monoisotopic (exact) mass is 313 g/mol. The summed E-state index contributed by atoms with van der Waals surface area (Å²) in [5.74, 6) is 1.42. The molecule has 23 heavy (non-hydrogen) atoms. The summed E-state index contributed by atoms with van der Waals surface area (Å²) in [6, 6.07) is 4.10. The van der Waals surface area contributed by atoms with Crippen LogP contribution in [0.3, 0.4) is 0 Å². The van der Waals surface area contributed by atoms with Gasteiger partial charge in [-0.25, -0.2) is 0 Å². The molecule has 1 aliphatic heterocycles. The van der Waals surface area contributed by atoms with Crippen molar-refractivity contribution in [2.75, 3.05) is 26.7 Å². The first-order valence-electron chi connectivity index (χ1n) is 8.72. The van der Waals surface area contributed by atoms with Gasteiger partial charge in [0, 0.05) is 45.0 Å². The Morgan fingerprint density at radius 2 is 2.35 bits per heavy atom. The molecule has 1 saturated heterocycles. The Hall–Kier alpha value is -1.68. The average Bonchev–Trinajstić information content (AvgIpc) is 3.20. The lowest BCUT2D eigenvalue weighted by atomic mass is 10.0. The van der Waals surface area contributed by atoms with Crippen molar-refractivity contribution in [2.24, 2.45) is 11.8 Å². The van der Waals surface area contributed by atoms with E-state index in [1.807, 2.05) is 18.5 Å². The average molecular weight is 313 g/mol. The third kappa shape index (κ3) is 4.64. The maximum absolute atomic E-state index is 12.4. The second-order valence-corrected chi connectivity index (χ2v) is 7.02. The van der Waals surface area contributed by atoms with E-state index >= 15 is 0 Å². The molecule has 2 aliphatic rings. The molecule has 0 unspecified atom stereocenters. The van der Waals surface area contributed by atoms with Gasteiger partial charge in [-0.05, 0) is 49.8 Å². The topological polar surface area (TPSA) is 36.4 Å². The lowest BCUT2D eigenvalue weighted by Crippen LogP contribution is -2.32. The molecule has 3 rings (SSSR count). The normalized spacial score (nSPS) is 23.8. The van der Waals surface area contributed by atoms with E-state index in [4.69, 9.17) is 0 Å². The summed E-state index contributed by atoms with van der Waals surface area (Å²) in [5.41, 5.74) is 1.24. The zero-order chi connectivity index (χ0) is 16.1. The van der Waals surface area contributed by atoms with Crippen LogP contribution in [0.5, 0.6) is 0 Å². The van der Waals surface area contributed by atoms with Crippen LogP contribution in [0.4, 0.5) is 0 Å². The molecule has 2 heterocycles. The molecule has 0 saturated carbocycles. The van der Waals surface area contributed by atoms with E-state index < -0.39 is 0 Å². The lowest BCUT2D eigenvalue weighted by Gasteiger charge is -2.22. The Morgan fingerprint density at radius 3 is 3.09 bits per heavy atom. The van der Waals surface area contributed by atoms with Crippen LogP contribution >= 0.6 is 0 Å². The summed E-state index contributed by atoms with van der Waals surface area (Å²) in [5, 5.41) is 0. The van der Waals surface area contributed by atoms with Crippen LogP contribution in [-0.4, -0.2) is 47.4 Å². The first-order chi connectivity index (χ1) is 11.2. The highest BCUT2D eigenvalue weighted by molar-refractivity contribution is 5.77. The van der Waals surface area contributed by atoms with Gasteiger partial charge in [0.2, 0.25) is 5.91 Å². The van der Waals surface area contributed by atoms with Crippen LogP contribution < -0.4 is 0 Å². The van der Waals surface area contributed by atoms with Gasteiger partial charge in [-0.2, -0.15) is 0 Å². The van der Waals surface area contributed by atoms with Gasteiger partial charge in [-0.3, -0.25) is 9.78 Å². The second-order valence-electron chi connectivity index (χ2n) is 7.02. The maximum atomic E-state index is 12.4. The van der Waals surface area contributed by atoms with E-state index in [0.717, 1.165) is 45.4 Å². The zero-order valence-electron chi connectivity index (χ0n) is 14.0. The predicted octanol–water partition coefficient (Wildman–Crippen LogP) is 2.72. The summed E-state index contributed by atoms with van der Waals surface area (Å²) < 4.78 is 0. The molecule has 1 aliphatic carbocycles. The van der Waals surface area contributed by atoms with Crippen LogP contribution in [0, 0.1) is 11.8 Å². The van der Waals surface area contributed by atoms with E-state index in [2.05, 4.69) is 40.0 Å². The van der Waals surface area contributed by atoms with E-state index in [-0.39, 0.29) is 0 Å². The molecule has 0 spiro atoms. The van der Waals surface area contributed by atoms with E-state index in [1.54, 1.807) is 0 Å². The number of aromatic nitrogens is 1. The van der Waals surface area contributed by atoms with Gasteiger partial charge in [-0.15, -0.1) is 0 Å². The van der Waals surface area contributed by atoms with E-state index in [0.29, 0.717) is 24.2 Å². The van der Waals surface area contributed by atoms with E-state index in [1.165, 1.54) is 5.56 Å². The predicted molar refractivity (Wildman–Crippen MR) is 91.7 cm³/mol. The molecule has 4 heteroatoms. The highest BCUT2D eigenvalue weighted by Crippen LogP contribution is 2.24. The Bertz CT molecular complexity index is 543. The third-order valence-electron chi connectivity index (χ3n) is 4.93. The van der Waals surface area contributed by atoms with Crippen LogP contribution in [0.25, 0.3) is 0 Å². The van der Waals surface area contributed by atoms with E-state index in [9.17, 15) is 4.79 Å². The number of nitrogens with zero attached hydrogens (tertiary/aromatic N) is 3. The zero-order valence-corrected chi connectivity index (χ0v) is 14.0. The van der Waals surface area contributed by atoms with Gasteiger partial charge in [0.05, 0.1) is 0 Å². The van der Waals surface area contributed by atoms with Crippen LogP contribution in [-0.2, 0) is 11.3 Å². The van der Waals surface area contributed by atoms with Crippen molar-refractivity contribution >= 4 is 5.91 Å². The number of allylic oxidation sites excluding steroid dienone is 2. The van der Waals surface area contributed by atoms with Gasteiger partial charge in [0.15, 0.2) is 0 Å². The SMILES string of the molecule is CN(Cc1cccnc1)C[C@H]1CCN(C(=O)C[C@@H]2C=CCC2)C1. The smallest absolute Gasteiger partial charge is 0.223 e. The summed E-state index contributed by atoms with van der Waals surface area (Å²) >= 11 is 0. The van der Waals surface area contributed by atoms with Crippen molar-refractivity contribution in [3.8, 4) is 0 Å². The van der Waals surface area contributed by atoms with Gasteiger partial charge >= 0.3 is 0 Å². The van der Waals surface area contributed by atoms with Gasteiger partial charge in [0.25, 0.3) is 0 Å². The maximum Gasteiger partial charge on any atom is 0.223 e. The fourth-order valence-electron chi connectivity index (χ4n) is 3.74. The second kappa shape index (κ2) is 7.73. The lowest BCUT2D eigenvalue weighted by molar-refractivity contribution is -0.131. The Labute approximate surface area is 139 Å². The van der Waals surface area contributed by atoms with Crippen molar-refractivity contribution in [2.45, 2.75) is 32.2 Å². The molecule has 1 fully saturated rings. The number of amides is 1. The Kier molecular flexibility index (Phi) is 5.44. The van der Waals surface area contributed by atoms with Crippen LogP contribution in [0.15, 0.2) is 36.7 Å². The molecular formula is C19H27N3O. The quantitative estimate of drug-likeness (QED) is 0.758. The molecule has 4 nitrogen and oxygen atoms in total. The number of pyridine rings is 1. The minimum absolute atomic E-state index is 0.346. The number of rotatable bonds is 6. The van der Waals surface area contributed by atoms with Gasteiger partial charge in [0.1, 0.15) is 0 Å². The number of hydrogen-bond donors (Lipinski definition) is 0. The van der Waals surface area contributed by atoms with Crippen molar-refractivity contribution < 1.29 is 4.79 Å². The van der Waals surface area contributed by atoms with Crippen molar-refractivity contribution in [3.05, 3.63) is 42.2 Å². The summed E-state index contributed by atoms with van der Waals surface area (Å²) in [6.45, 7) is 3.82. The van der Waals surface area contributed by atoms with Crippen molar-refractivity contribution in [1.29, 1.82) is 0 Å². The molecule has 0 aromatic carbocycles. The number of hydrogen-bond acceptors (Lipinski definition) is 3. The molecule has 124 valence electrons. The molecule has 1 aromatic heterocycles. The fraction of sp³-hybridized carbons (Fsp3) is 0.579. The fourth-order valence-corrected chi connectivity index (χ4v) is 3.74. The van der Waals surface area contributed by atoms with Gasteiger partial charge in [-0.1, -0.05) is 18.2 Å². The Balaban J connectivity index is 1.42. The van der Waals surface area contributed by atoms with Crippen LogP contribution in [0.1, 0.15) is 31.2 Å². The third-order valence-corrected chi connectivity index (χ3v) is 4.93. The van der Waals surface area contributed by atoms with Gasteiger partial charge < -0.3 is 9.80 Å². The van der Waals surface area contributed by atoms with Crippen LogP contribution in [0.2, 0.25) is 0 Å². The molecule has 0 N–H and O–H groups in total. The molecule has 0 radical (unpaired) electrons. The first kappa shape index (κ1) is 16.2. The minimum atomic E-state index is 0.346. The number of carbonyl (C=O) groups excluding carboxylic acids is 1. The molecule has 1 amide bonds. The highest BCUT2D eigenvalue weighted by atomic mass is 16.2. The van der Waals surface area contributed by atoms with Crippen molar-refractivity contribution in [1.82, 2.24) is 14.8 Å². The standard InChI is InChI=1S/C19H27N3O/c1-21(13-17-7-4-9-20-12-17)14-18-8-10-22(15-18)19(23)11-16-5-2-3-6-16/h2,4-5,7,9,12,16,18H,3,6,8,10-11,13-15H2,1H3/t16-,18-/m1/s1. The minimum Gasteiger partial charge on any atom is -0.342 e. The first-order valence-corrected chi connectivity index (χ1v) is 8.72. The van der Waals surface area contributed by atoms with Crippen molar-refractivity contribution in [3.63, 3.8) is 0 Å².